The van der Waals surface area contributed by atoms with E-state index < -0.39 is 0 Å². The van der Waals surface area contributed by atoms with Crippen LogP contribution in [0.15, 0.2) is 27.3 Å². The second-order valence-electron chi connectivity index (χ2n) is 5.41. The summed E-state index contributed by atoms with van der Waals surface area (Å²) in [5.74, 6) is 2.15. The van der Waals surface area contributed by atoms with Gasteiger partial charge in [-0.15, -0.1) is 5.10 Å². The molecule has 0 bridgehead atoms. The number of aromatic nitrogens is 4. The molecule has 3 heterocycles. The van der Waals surface area contributed by atoms with E-state index in [0.29, 0.717) is 23.1 Å². The maximum absolute atomic E-state index is 12.3. The van der Waals surface area contributed by atoms with Gasteiger partial charge in [-0.05, 0) is 31.4 Å². The van der Waals surface area contributed by atoms with Crippen LogP contribution < -0.4 is 5.32 Å². The van der Waals surface area contributed by atoms with Crippen LogP contribution >= 0.6 is 0 Å². The average molecular weight is 313 g/mol. The average Bonchev–Trinajstić information content (AvgIpc) is 3.31. The van der Waals surface area contributed by atoms with Gasteiger partial charge in [0.15, 0.2) is 11.5 Å². The van der Waals surface area contributed by atoms with Gasteiger partial charge in [0.1, 0.15) is 11.6 Å². The van der Waals surface area contributed by atoms with Crippen LogP contribution in [0.2, 0.25) is 0 Å². The van der Waals surface area contributed by atoms with Crippen LogP contribution in [0, 0.1) is 0 Å². The van der Waals surface area contributed by atoms with Gasteiger partial charge in [0, 0.05) is 12.0 Å². The molecule has 0 atom stereocenters. The first-order valence-electron chi connectivity index (χ1n) is 7.52. The molecule has 0 saturated heterocycles. The van der Waals surface area contributed by atoms with E-state index in [1.54, 1.807) is 18.4 Å². The first kappa shape index (κ1) is 13.7. The highest BCUT2D eigenvalue weighted by Crippen LogP contribution is 2.24. The number of carbonyl (C=O) groups excluding carboxylic acids is 1. The summed E-state index contributed by atoms with van der Waals surface area (Å²) in [7, 11) is 0. The monoisotopic (exact) mass is 313 g/mol. The first-order valence-corrected chi connectivity index (χ1v) is 7.52. The molecular formula is C15H15N5O3. The van der Waals surface area contributed by atoms with Crippen LogP contribution in [0.3, 0.4) is 0 Å². The van der Waals surface area contributed by atoms with Crippen LogP contribution in [0.5, 0.6) is 0 Å². The van der Waals surface area contributed by atoms with Crippen molar-refractivity contribution in [3.05, 3.63) is 41.2 Å². The van der Waals surface area contributed by atoms with Gasteiger partial charge in [0.05, 0.1) is 12.8 Å². The minimum absolute atomic E-state index is 0.230. The Morgan fingerprint density at radius 3 is 3.13 bits per heavy atom. The molecule has 0 spiro atoms. The zero-order valence-corrected chi connectivity index (χ0v) is 12.3. The predicted molar refractivity (Wildman–Crippen MR) is 78.4 cm³/mol. The Hall–Kier alpha value is -2.90. The number of nitrogens with one attached hydrogen (secondary N) is 2. The fourth-order valence-electron chi connectivity index (χ4n) is 2.70. The molecule has 0 fully saturated rings. The van der Waals surface area contributed by atoms with Crippen LogP contribution in [0.4, 0.5) is 0 Å². The molecule has 1 aliphatic rings. The van der Waals surface area contributed by atoms with Crippen LogP contribution in [-0.2, 0) is 19.4 Å². The summed E-state index contributed by atoms with van der Waals surface area (Å²) in [6.45, 7) is 0.230. The Morgan fingerprint density at radius 1 is 1.35 bits per heavy atom. The van der Waals surface area contributed by atoms with Gasteiger partial charge in [0.2, 0.25) is 5.82 Å². The number of amides is 1. The van der Waals surface area contributed by atoms with Gasteiger partial charge in [-0.25, -0.2) is 4.98 Å². The maximum Gasteiger partial charge on any atom is 0.274 e. The molecule has 8 nitrogen and oxygen atoms in total. The molecule has 0 aromatic carbocycles. The van der Waals surface area contributed by atoms with Gasteiger partial charge in [-0.3, -0.25) is 9.89 Å². The third-order valence-corrected chi connectivity index (χ3v) is 3.85. The van der Waals surface area contributed by atoms with E-state index in [1.807, 2.05) is 0 Å². The van der Waals surface area contributed by atoms with E-state index in [2.05, 4.69) is 25.7 Å². The molecule has 4 rings (SSSR count). The van der Waals surface area contributed by atoms with Gasteiger partial charge in [0.25, 0.3) is 5.91 Å². The fourth-order valence-corrected chi connectivity index (χ4v) is 2.70. The zero-order valence-electron chi connectivity index (χ0n) is 12.3. The Balaban J connectivity index is 1.43. The van der Waals surface area contributed by atoms with Crippen molar-refractivity contribution in [3.63, 3.8) is 0 Å². The minimum atomic E-state index is -0.257. The first-order chi connectivity index (χ1) is 11.3. The maximum atomic E-state index is 12.3. The van der Waals surface area contributed by atoms with Gasteiger partial charge >= 0.3 is 0 Å². The highest BCUT2D eigenvalue weighted by atomic mass is 16.5. The Labute approximate surface area is 131 Å². The topological polar surface area (TPSA) is 110 Å². The number of fused-ring (bicyclic) bond motifs is 1. The molecule has 3 aromatic rings. The van der Waals surface area contributed by atoms with Crippen molar-refractivity contribution in [2.75, 3.05) is 0 Å². The number of furan rings is 1. The van der Waals surface area contributed by atoms with Crippen molar-refractivity contribution < 1.29 is 13.7 Å². The lowest BCUT2D eigenvalue weighted by Gasteiger charge is -2.08. The Morgan fingerprint density at radius 2 is 2.26 bits per heavy atom. The second-order valence-corrected chi connectivity index (χ2v) is 5.41. The van der Waals surface area contributed by atoms with E-state index in [-0.39, 0.29) is 12.5 Å². The molecule has 3 aromatic heterocycles. The summed E-state index contributed by atoms with van der Waals surface area (Å²) >= 11 is 0. The molecule has 23 heavy (non-hydrogen) atoms. The third-order valence-electron chi connectivity index (χ3n) is 3.85. The number of carbonyl (C=O) groups is 1. The number of H-pyrrole nitrogens is 1. The molecule has 118 valence electrons. The molecule has 8 heteroatoms. The molecule has 0 aliphatic heterocycles. The number of aromatic amines is 1. The quantitative estimate of drug-likeness (QED) is 0.760. The van der Waals surface area contributed by atoms with Crippen molar-refractivity contribution in [1.29, 1.82) is 0 Å². The lowest BCUT2D eigenvalue weighted by Crippen LogP contribution is -2.25. The largest absolute Gasteiger partial charge is 0.461 e. The summed E-state index contributed by atoms with van der Waals surface area (Å²) in [4.78, 5) is 16.5. The molecule has 0 saturated carbocycles. The molecule has 1 amide bonds. The normalized spacial score (nSPS) is 13.7. The van der Waals surface area contributed by atoms with Gasteiger partial charge in [-0.1, -0.05) is 5.16 Å². The van der Waals surface area contributed by atoms with E-state index in [9.17, 15) is 4.79 Å². The number of hydrogen-bond donors (Lipinski definition) is 2. The Kier molecular flexibility index (Phi) is 3.41. The number of aryl methyl sites for hydroxylation is 1. The number of rotatable bonds is 4. The number of hydrogen-bond acceptors (Lipinski definition) is 6. The van der Waals surface area contributed by atoms with E-state index >= 15 is 0 Å². The van der Waals surface area contributed by atoms with E-state index in [4.69, 9.17) is 8.94 Å². The van der Waals surface area contributed by atoms with Crippen LogP contribution in [-0.4, -0.2) is 26.2 Å². The minimum Gasteiger partial charge on any atom is -0.461 e. The molecule has 0 radical (unpaired) electrons. The lowest BCUT2D eigenvalue weighted by atomic mass is 9.96. The standard InChI is InChI=1S/C15H15N5O3/c21-15(13-9-4-1-2-5-10(9)23-20-13)16-8-12-17-14(19-18-12)11-6-3-7-22-11/h3,6-7H,1-2,4-5,8H2,(H,16,21)(H,17,18,19). The van der Waals surface area contributed by atoms with Crippen molar-refractivity contribution in [2.45, 2.75) is 32.2 Å². The summed E-state index contributed by atoms with van der Waals surface area (Å²) in [5.41, 5.74) is 1.31. The molecule has 0 unspecified atom stereocenters. The molecular weight excluding hydrogens is 298 g/mol. The smallest absolute Gasteiger partial charge is 0.274 e. The lowest BCUT2D eigenvalue weighted by molar-refractivity contribution is 0.0940. The predicted octanol–water partition coefficient (Wildman–Crippen LogP) is 1.86. The van der Waals surface area contributed by atoms with Gasteiger partial charge in [-0.2, -0.15) is 0 Å². The van der Waals surface area contributed by atoms with Crippen molar-refractivity contribution >= 4 is 5.91 Å². The summed E-state index contributed by atoms with van der Waals surface area (Å²) < 4.78 is 10.5. The highest BCUT2D eigenvalue weighted by Gasteiger charge is 2.24. The summed E-state index contributed by atoms with van der Waals surface area (Å²) in [6.07, 6.45) is 5.39. The van der Waals surface area contributed by atoms with Crippen molar-refractivity contribution in [1.82, 2.24) is 25.7 Å². The second kappa shape index (κ2) is 5.71. The highest BCUT2D eigenvalue weighted by molar-refractivity contribution is 5.93. The van der Waals surface area contributed by atoms with E-state index in [1.165, 1.54) is 0 Å². The summed E-state index contributed by atoms with van der Waals surface area (Å²) in [5, 5.41) is 13.5. The van der Waals surface area contributed by atoms with E-state index in [0.717, 1.165) is 37.0 Å². The Bertz CT molecular complexity index is 818. The molecule has 1 aliphatic carbocycles. The SMILES string of the molecule is O=C(NCc1nc(-c2ccco2)n[nH]1)c1noc2c1CCCC2. The number of nitrogens with zero attached hydrogens (tertiary/aromatic N) is 3. The van der Waals surface area contributed by atoms with Gasteiger partial charge < -0.3 is 14.3 Å². The third kappa shape index (κ3) is 2.63. The molecule has 2 N–H and O–H groups in total. The summed E-state index contributed by atoms with van der Waals surface area (Å²) in [6, 6.07) is 3.54. The van der Waals surface area contributed by atoms with Crippen molar-refractivity contribution in [2.24, 2.45) is 0 Å². The zero-order chi connectivity index (χ0) is 15.6. The fraction of sp³-hybridized carbons (Fsp3) is 0.333. The van der Waals surface area contributed by atoms with Crippen LogP contribution in [0.1, 0.15) is 40.5 Å². The van der Waals surface area contributed by atoms with Crippen molar-refractivity contribution in [3.8, 4) is 11.6 Å². The van der Waals surface area contributed by atoms with Crippen LogP contribution in [0.25, 0.3) is 11.6 Å².